The number of nitrogens with zero attached hydrogens (tertiary/aromatic N) is 5. The molecule has 0 saturated carbocycles. The number of urea groups is 1. The maximum absolute atomic E-state index is 11.9. The van der Waals surface area contributed by atoms with Gasteiger partial charge in [-0.25, -0.2) is 17.9 Å². The minimum Gasteiger partial charge on any atom is -0.724 e. The summed E-state index contributed by atoms with van der Waals surface area (Å²) < 4.78 is 37.4. The topological polar surface area (TPSA) is 164 Å². The molecule has 1 aromatic rings. The second-order valence-corrected chi connectivity index (χ2v) is 5.58. The molecule has 2 bridgehead atoms. The molecular formula is C9H9N6NaO6S. The first-order chi connectivity index (χ1) is 10.2. The smallest absolute Gasteiger partial charge is 0.724 e. The molecule has 0 aliphatic carbocycles. The van der Waals surface area contributed by atoms with E-state index in [1.54, 1.807) is 0 Å². The van der Waals surface area contributed by atoms with Crippen molar-refractivity contribution in [3.8, 4) is 0 Å². The molecule has 3 amide bonds. The van der Waals surface area contributed by atoms with Gasteiger partial charge in [-0.15, -0.1) is 5.10 Å². The third-order valence-electron chi connectivity index (χ3n) is 3.12. The molecule has 0 aromatic carbocycles. The first-order valence-electron chi connectivity index (χ1n) is 5.91. The van der Waals surface area contributed by atoms with Crippen molar-refractivity contribution < 1.29 is 56.4 Å². The summed E-state index contributed by atoms with van der Waals surface area (Å²) in [6.07, 6.45) is 2.77. The van der Waals surface area contributed by atoms with E-state index in [4.69, 9.17) is 5.73 Å². The van der Waals surface area contributed by atoms with Gasteiger partial charge in [0, 0.05) is 6.54 Å². The summed E-state index contributed by atoms with van der Waals surface area (Å²) in [7, 11) is -5.07. The number of hydroxylamine groups is 2. The average Bonchev–Trinajstić information content (AvgIpc) is 2.98. The number of hydrogen-bond acceptors (Lipinski definition) is 8. The third-order valence-corrected chi connectivity index (χ3v) is 3.46. The molecular weight excluding hydrogens is 343 g/mol. The Morgan fingerprint density at radius 3 is 2.74 bits per heavy atom. The Morgan fingerprint density at radius 1 is 1.48 bits per heavy atom. The predicted octanol–water partition coefficient (Wildman–Crippen LogP) is -5.27. The van der Waals surface area contributed by atoms with Crippen molar-refractivity contribution in [1.29, 1.82) is 0 Å². The van der Waals surface area contributed by atoms with Crippen molar-refractivity contribution in [2.24, 2.45) is 5.73 Å². The van der Waals surface area contributed by atoms with Crippen molar-refractivity contribution in [3.63, 3.8) is 0 Å². The summed E-state index contributed by atoms with van der Waals surface area (Å²) in [5.74, 6) is -0.760. The molecule has 0 radical (unpaired) electrons. The molecule has 14 heteroatoms. The standard InChI is InChI=1S/C9H10N6O6S.Na/c10-8(16)7-4-14(12-11-7)5-1-6-3-13(2-5)9(17)15(6)21-22(18,19)20;/h1,4,6H,2-3H2,(H2,10,16)(H,18,19,20);/q;+1/p-1. The first kappa shape index (κ1) is 17.8. The van der Waals surface area contributed by atoms with E-state index in [1.807, 2.05) is 0 Å². The number of primary amides is 1. The molecule has 1 unspecified atom stereocenters. The van der Waals surface area contributed by atoms with Gasteiger partial charge in [0.1, 0.15) is 6.04 Å². The number of carbonyl (C=O) groups excluding carboxylic acids is 2. The van der Waals surface area contributed by atoms with Crippen LogP contribution in [0.4, 0.5) is 4.79 Å². The maximum Gasteiger partial charge on any atom is 1.00 e. The van der Waals surface area contributed by atoms with E-state index < -0.39 is 28.4 Å². The minimum atomic E-state index is -5.07. The molecule has 12 nitrogen and oxygen atoms in total. The van der Waals surface area contributed by atoms with Crippen molar-refractivity contribution in [1.82, 2.24) is 25.0 Å². The van der Waals surface area contributed by atoms with Crippen molar-refractivity contribution in [2.75, 3.05) is 13.1 Å². The Kier molecular flexibility index (Phi) is 4.79. The number of carbonyl (C=O) groups is 2. The summed E-state index contributed by atoms with van der Waals surface area (Å²) >= 11 is 0. The third kappa shape index (κ3) is 3.54. The Hall–Kier alpha value is -1.51. The van der Waals surface area contributed by atoms with Crippen LogP contribution >= 0.6 is 0 Å². The number of rotatable bonds is 4. The molecule has 3 heterocycles. The number of fused-ring (bicyclic) bond motifs is 2. The zero-order valence-corrected chi connectivity index (χ0v) is 14.6. The maximum atomic E-state index is 11.9. The molecule has 1 fully saturated rings. The SMILES string of the molecule is NC(=O)c1cn(C2=CC3CN(C2)C(=O)N3OS(=O)(=O)[O-])nn1.[Na+]. The summed E-state index contributed by atoms with van der Waals surface area (Å²) in [6, 6.07) is -1.54. The van der Waals surface area contributed by atoms with E-state index in [9.17, 15) is 22.6 Å². The molecule has 1 saturated heterocycles. The molecule has 1 atom stereocenters. The van der Waals surface area contributed by atoms with Crippen LogP contribution in [-0.2, 0) is 14.7 Å². The minimum absolute atomic E-state index is 0. The Balaban J connectivity index is 0.00000192. The van der Waals surface area contributed by atoms with E-state index in [0.29, 0.717) is 10.8 Å². The molecule has 1 aromatic heterocycles. The van der Waals surface area contributed by atoms with Gasteiger partial charge in [-0.3, -0.25) is 4.79 Å². The molecule has 118 valence electrons. The van der Waals surface area contributed by atoms with E-state index in [0.717, 1.165) is 0 Å². The Morgan fingerprint density at radius 2 is 2.17 bits per heavy atom. The molecule has 2 N–H and O–H groups in total. The summed E-state index contributed by atoms with van der Waals surface area (Å²) in [5, 5.41) is 7.75. The zero-order valence-electron chi connectivity index (χ0n) is 11.8. The van der Waals surface area contributed by atoms with Gasteiger partial charge in [-0.2, -0.15) is 9.35 Å². The molecule has 2 aliphatic heterocycles. The molecule has 3 rings (SSSR count). The fourth-order valence-corrected chi connectivity index (χ4v) is 2.60. The van der Waals surface area contributed by atoms with Gasteiger partial charge in [0.15, 0.2) is 5.69 Å². The van der Waals surface area contributed by atoms with Crippen LogP contribution in [0.25, 0.3) is 5.70 Å². The quantitative estimate of drug-likeness (QED) is 0.319. The van der Waals surface area contributed by atoms with Crippen LogP contribution in [0, 0.1) is 0 Å². The first-order valence-corrected chi connectivity index (χ1v) is 7.25. The second kappa shape index (κ2) is 6.18. The van der Waals surface area contributed by atoms with Crippen LogP contribution < -0.4 is 35.3 Å². The van der Waals surface area contributed by atoms with E-state index in [-0.39, 0.29) is 48.3 Å². The van der Waals surface area contributed by atoms with Crippen LogP contribution in [0.5, 0.6) is 0 Å². The van der Waals surface area contributed by atoms with Gasteiger partial charge in [-0.1, -0.05) is 5.21 Å². The van der Waals surface area contributed by atoms with Gasteiger partial charge in [0.05, 0.1) is 18.4 Å². The van der Waals surface area contributed by atoms with Gasteiger partial charge in [0.25, 0.3) is 5.91 Å². The predicted molar refractivity (Wildman–Crippen MR) is 66.2 cm³/mol. The van der Waals surface area contributed by atoms with E-state index in [1.165, 1.54) is 21.9 Å². The van der Waals surface area contributed by atoms with Crippen molar-refractivity contribution in [2.45, 2.75) is 6.04 Å². The summed E-state index contributed by atoms with van der Waals surface area (Å²) in [5.41, 5.74) is 5.47. The van der Waals surface area contributed by atoms with Gasteiger partial charge in [0.2, 0.25) is 10.4 Å². The molecule has 2 aliphatic rings. The molecule has 23 heavy (non-hydrogen) atoms. The van der Waals surface area contributed by atoms with Crippen LogP contribution in [0.1, 0.15) is 10.5 Å². The van der Waals surface area contributed by atoms with Gasteiger partial charge in [-0.05, 0) is 6.08 Å². The van der Waals surface area contributed by atoms with Crippen LogP contribution in [-0.4, -0.2) is 69.0 Å². The van der Waals surface area contributed by atoms with E-state index >= 15 is 0 Å². The summed E-state index contributed by atoms with van der Waals surface area (Å²) in [6.45, 7) is 0.241. The molecule has 0 spiro atoms. The number of aromatic nitrogens is 3. The zero-order chi connectivity index (χ0) is 16.1. The van der Waals surface area contributed by atoms with Crippen LogP contribution in [0.2, 0.25) is 0 Å². The summed E-state index contributed by atoms with van der Waals surface area (Å²) in [4.78, 5) is 24.2. The van der Waals surface area contributed by atoms with Crippen molar-refractivity contribution >= 4 is 28.0 Å². The van der Waals surface area contributed by atoms with Crippen molar-refractivity contribution in [3.05, 3.63) is 18.0 Å². The number of nitrogens with two attached hydrogens (primary N) is 1. The second-order valence-electron chi connectivity index (χ2n) is 4.61. The van der Waals surface area contributed by atoms with Crippen LogP contribution in [0.3, 0.4) is 0 Å². The fourth-order valence-electron chi connectivity index (χ4n) is 2.23. The van der Waals surface area contributed by atoms with Crippen LogP contribution in [0.15, 0.2) is 12.3 Å². The number of amides is 3. The monoisotopic (exact) mass is 352 g/mol. The number of hydrogen-bond donors (Lipinski definition) is 1. The van der Waals surface area contributed by atoms with E-state index in [2.05, 4.69) is 14.6 Å². The fraction of sp³-hybridized carbons (Fsp3) is 0.333. The average molecular weight is 352 g/mol. The largest absolute Gasteiger partial charge is 1.00 e. The normalized spacial score (nSPS) is 20.3. The van der Waals surface area contributed by atoms with Gasteiger partial charge >= 0.3 is 35.6 Å². The Bertz CT molecular complexity index is 790. The Labute approximate surface area is 152 Å². The van der Waals surface area contributed by atoms with Gasteiger partial charge < -0.3 is 15.2 Å².